The lowest BCUT2D eigenvalue weighted by molar-refractivity contribution is -0.143. The summed E-state index contributed by atoms with van der Waals surface area (Å²) in [4.78, 5) is 13.0. The van der Waals surface area contributed by atoms with E-state index in [1.54, 1.807) is 0 Å². The first kappa shape index (κ1) is 11.2. The van der Waals surface area contributed by atoms with Gasteiger partial charge < -0.3 is 5.11 Å². The molecule has 14 heavy (non-hydrogen) atoms. The fraction of sp³-hybridized carbons (Fsp3) is 0.727. The molecule has 0 bridgehead atoms. The third-order valence-corrected chi connectivity index (χ3v) is 2.98. The molecule has 0 spiro atoms. The Kier molecular flexibility index (Phi) is 3.69. The van der Waals surface area contributed by atoms with E-state index in [0.717, 1.165) is 31.5 Å². The molecule has 0 radical (unpaired) electrons. The Morgan fingerprint density at radius 1 is 1.64 bits per heavy atom. The van der Waals surface area contributed by atoms with Crippen LogP contribution in [-0.2, 0) is 4.79 Å². The third-order valence-electron chi connectivity index (χ3n) is 2.98. The van der Waals surface area contributed by atoms with Crippen LogP contribution >= 0.6 is 0 Å². The highest BCUT2D eigenvalue weighted by atomic mass is 16.4. The molecule has 3 heteroatoms. The molecule has 0 aromatic heterocycles. The first-order valence-corrected chi connectivity index (χ1v) is 5.19. The van der Waals surface area contributed by atoms with Gasteiger partial charge in [-0.3, -0.25) is 9.69 Å². The van der Waals surface area contributed by atoms with E-state index in [4.69, 9.17) is 5.11 Å². The van der Waals surface area contributed by atoms with Gasteiger partial charge in [0, 0.05) is 6.54 Å². The van der Waals surface area contributed by atoms with E-state index in [1.165, 1.54) is 0 Å². The Morgan fingerprint density at radius 2 is 2.29 bits per heavy atom. The SMILES string of the molecule is C=C(CC)CN1CCC(C)C1C(=O)O. The number of hydrogen-bond donors (Lipinski definition) is 1. The maximum absolute atomic E-state index is 11.0. The average molecular weight is 197 g/mol. The van der Waals surface area contributed by atoms with E-state index in [-0.39, 0.29) is 12.0 Å². The van der Waals surface area contributed by atoms with Crippen LogP contribution in [0.1, 0.15) is 26.7 Å². The maximum atomic E-state index is 11.0. The third kappa shape index (κ3) is 2.35. The van der Waals surface area contributed by atoms with E-state index in [9.17, 15) is 4.79 Å². The van der Waals surface area contributed by atoms with Crippen molar-refractivity contribution in [1.29, 1.82) is 0 Å². The topological polar surface area (TPSA) is 40.5 Å². The first-order chi connectivity index (χ1) is 6.56. The predicted octanol–water partition coefficient (Wildman–Crippen LogP) is 1.75. The predicted molar refractivity (Wildman–Crippen MR) is 56.2 cm³/mol. The largest absolute Gasteiger partial charge is 0.480 e. The van der Waals surface area contributed by atoms with E-state index in [2.05, 4.69) is 13.5 Å². The standard InChI is InChI=1S/C11H19NO2/c1-4-8(2)7-12-6-5-9(3)10(12)11(13)14/h9-10H,2,4-7H2,1,3H3,(H,13,14). The molecule has 0 aliphatic carbocycles. The molecule has 2 unspecified atom stereocenters. The van der Waals surface area contributed by atoms with Gasteiger partial charge in [0.05, 0.1) is 0 Å². The van der Waals surface area contributed by atoms with Crippen LogP contribution < -0.4 is 0 Å². The molecule has 1 N–H and O–H groups in total. The van der Waals surface area contributed by atoms with E-state index in [0.29, 0.717) is 0 Å². The van der Waals surface area contributed by atoms with Gasteiger partial charge in [0.25, 0.3) is 0 Å². The fourth-order valence-electron chi connectivity index (χ4n) is 2.00. The van der Waals surface area contributed by atoms with Crippen LogP contribution in [0.2, 0.25) is 0 Å². The lowest BCUT2D eigenvalue weighted by Gasteiger charge is -2.23. The van der Waals surface area contributed by atoms with Crippen LogP contribution in [0.15, 0.2) is 12.2 Å². The molecular weight excluding hydrogens is 178 g/mol. The summed E-state index contributed by atoms with van der Waals surface area (Å²) < 4.78 is 0. The number of carboxylic acids is 1. The van der Waals surface area contributed by atoms with Crippen molar-refractivity contribution in [3.8, 4) is 0 Å². The molecule has 1 rings (SSSR count). The van der Waals surface area contributed by atoms with Crippen molar-refractivity contribution < 1.29 is 9.90 Å². The summed E-state index contributed by atoms with van der Waals surface area (Å²) in [7, 11) is 0. The number of nitrogens with zero attached hydrogens (tertiary/aromatic N) is 1. The zero-order chi connectivity index (χ0) is 10.7. The molecule has 80 valence electrons. The van der Waals surface area contributed by atoms with Crippen LogP contribution in [0.4, 0.5) is 0 Å². The highest BCUT2D eigenvalue weighted by molar-refractivity contribution is 5.74. The van der Waals surface area contributed by atoms with Gasteiger partial charge in [0.15, 0.2) is 0 Å². The number of likely N-dealkylation sites (tertiary alicyclic amines) is 1. The van der Waals surface area contributed by atoms with E-state index in [1.807, 2.05) is 11.8 Å². The number of carbonyl (C=O) groups is 1. The molecule has 0 aromatic carbocycles. The second-order valence-corrected chi connectivity index (χ2v) is 4.12. The Hall–Kier alpha value is -0.830. The lowest BCUT2D eigenvalue weighted by atomic mass is 10.0. The van der Waals surface area contributed by atoms with Crippen molar-refractivity contribution in [1.82, 2.24) is 4.90 Å². The van der Waals surface area contributed by atoms with Gasteiger partial charge in [-0.15, -0.1) is 0 Å². The molecule has 1 saturated heterocycles. The molecule has 2 atom stereocenters. The molecule has 0 amide bonds. The Bertz CT molecular complexity index is 237. The summed E-state index contributed by atoms with van der Waals surface area (Å²) in [5, 5.41) is 9.07. The second kappa shape index (κ2) is 4.60. The average Bonchev–Trinajstić information content (AvgIpc) is 2.46. The second-order valence-electron chi connectivity index (χ2n) is 4.12. The van der Waals surface area contributed by atoms with Gasteiger partial charge in [-0.25, -0.2) is 0 Å². The zero-order valence-electron chi connectivity index (χ0n) is 8.99. The Balaban J connectivity index is 2.60. The van der Waals surface area contributed by atoms with Crippen molar-refractivity contribution in [2.75, 3.05) is 13.1 Å². The number of rotatable bonds is 4. The highest BCUT2D eigenvalue weighted by Gasteiger charge is 2.36. The smallest absolute Gasteiger partial charge is 0.321 e. The first-order valence-electron chi connectivity index (χ1n) is 5.19. The lowest BCUT2D eigenvalue weighted by Crippen LogP contribution is -2.39. The van der Waals surface area contributed by atoms with Crippen molar-refractivity contribution in [3.05, 3.63) is 12.2 Å². The van der Waals surface area contributed by atoms with Crippen LogP contribution in [0.5, 0.6) is 0 Å². The minimum Gasteiger partial charge on any atom is -0.480 e. The fourth-order valence-corrected chi connectivity index (χ4v) is 2.00. The summed E-state index contributed by atoms with van der Waals surface area (Å²) in [6, 6.07) is -0.307. The van der Waals surface area contributed by atoms with Gasteiger partial charge in [-0.2, -0.15) is 0 Å². The van der Waals surface area contributed by atoms with Gasteiger partial charge in [-0.1, -0.05) is 26.0 Å². The molecular formula is C11H19NO2. The zero-order valence-corrected chi connectivity index (χ0v) is 8.99. The molecule has 3 nitrogen and oxygen atoms in total. The minimum absolute atomic E-state index is 0.261. The van der Waals surface area contributed by atoms with Crippen LogP contribution in [0.25, 0.3) is 0 Å². The quantitative estimate of drug-likeness (QED) is 0.698. The van der Waals surface area contributed by atoms with Crippen molar-refractivity contribution in [2.45, 2.75) is 32.7 Å². The van der Waals surface area contributed by atoms with Crippen molar-refractivity contribution in [3.63, 3.8) is 0 Å². The minimum atomic E-state index is -0.695. The van der Waals surface area contributed by atoms with Gasteiger partial charge in [0.2, 0.25) is 0 Å². The number of hydrogen-bond acceptors (Lipinski definition) is 2. The molecule has 1 fully saturated rings. The highest BCUT2D eigenvalue weighted by Crippen LogP contribution is 2.24. The summed E-state index contributed by atoms with van der Waals surface area (Å²) in [5.74, 6) is -0.434. The summed E-state index contributed by atoms with van der Waals surface area (Å²) in [5.41, 5.74) is 1.12. The van der Waals surface area contributed by atoms with Crippen LogP contribution in [0, 0.1) is 5.92 Å². The summed E-state index contributed by atoms with van der Waals surface area (Å²) in [6.45, 7) is 9.60. The monoisotopic (exact) mass is 197 g/mol. The molecule has 0 saturated carbocycles. The Morgan fingerprint density at radius 3 is 2.79 bits per heavy atom. The maximum Gasteiger partial charge on any atom is 0.321 e. The molecule has 1 aliphatic rings. The van der Waals surface area contributed by atoms with Crippen molar-refractivity contribution >= 4 is 5.97 Å². The van der Waals surface area contributed by atoms with Crippen molar-refractivity contribution in [2.24, 2.45) is 5.92 Å². The molecule has 1 heterocycles. The molecule has 0 aromatic rings. The van der Waals surface area contributed by atoms with Crippen LogP contribution in [-0.4, -0.2) is 35.1 Å². The Labute approximate surface area is 85.4 Å². The van der Waals surface area contributed by atoms with Gasteiger partial charge in [-0.05, 0) is 25.3 Å². The number of carboxylic acid groups (broad SMARTS) is 1. The summed E-state index contributed by atoms with van der Waals surface area (Å²) >= 11 is 0. The van der Waals surface area contributed by atoms with Gasteiger partial charge >= 0.3 is 5.97 Å². The normalized spacial score (nSPS) is 27.9. The van der Waals surface area contributed by atoms with E-state index < -0.39 is 5.97 Å². The van der Waals surface area contributed by atoms with E-state index >= 15 is 0 Å². The molecule has 1 aliphatic heterocycles. The number of aliphatic carboxylic acids is 1. The van der Waals surface area contributed by atoms with Gasteiger partial charge in [0.1, 0.15) is 6.04 Å². The van der Waals surface area contributed by atoms with Crippen LogP contribution in [0.3, 0.4) is 0 Å². The summed E-state index contributed by atoms with van der Waals surface area (Å²) in [6.07, 6.45) is 1.91.